The number of aromatic nitrogens is 2. The molecule has 0 bridgehead atoms. The molecule has 0 saturated heterocycles. The van der Waals surface area contributed by atoms with Crippen LogP contribution in [0.3, 0.4) is 0 Å². The summed E-state index contributed by atoms with van der Waals surface area (Å²) in [6, 6.07) is 7.44. The number of nitrogens with zero attached hydrogens (tertiary/aromatic N) is 2. The van der Waals surface area contributed by atoms with E-state index in [0.717, 1.165) is 21.5 Å². The number of rotatable bonds is 6. The summed E-state index contributed by atoms with van der Waals surface area (Å²) >= 11 is 2.95. The third-order valence-corrected chi connectivity index (χ3v) is 5.37. The van der Waals surface area contributed by atoms with Crippen LogP contribution in [0.25, 0.3) is 10.1 Å². The van der Waals surface area contributed by atoms with E-state index in [2.05, 4.69) is 21.0 Å². The van der Waals surface area contributed by atoms with Gasteiger partial charge in [0.1, 0.15) is 6.04 Å². The Hall–Kier alpha value is -1.83. The van der Waals surface area contributed by atoms with Crippen molar-refractivity contribution in [1.82, 2.24) is 14.9 Å². The zero-order valence-electron chi connectivity index (χ0n) is 11.9. The van der Waals surface area contributed by atoms with E-state index in [1.54, 1.807) is 11.3 Å². The van der Waals surface area contributed by atoms with Crippen LogP contribution in [0.5, 0.6) is 0 Å². The highest BCUT2D eigenvalue weighted by Crippen LogP contribution is 2.26. The van der Waals surface area contributed by atoms with Gasteiger partial charge in [-0.25, -0.2) is 0 Å². The topological polar surface area (TPSA) is 75.1 Å². The lowest BCUT2D eigenvalue weighted by molar-refractivity contribution is -0.139. The number of benzene rings is 1. The van der Waals surface area contributed by atoms with Gasteiger partial charge in [-0.2, -0.15) is 0 Å². The third kappa shape index (κ3) is 3.16. The Morgan fingerprint density at radius 2 is 2.23 bits per heavy atom. The molecule has 3 aromatic rings. The summed E-state index contributed by atoms with van der Waals surface area (Å²) < 4.78 is 5.05. The molecule has 0 amide bonds. The fourth-order valence-electron chi connectivity index (χ4n) is 2.29. The predicted molar refractivity (Wildman–Crippen MR) is 88.4 cm³/mol. The van der Waals surface area contributed by atoms with Crippen LogP contribution in [0.1, 0.15) is 16.1 Å². The first-order valence-corrected chi connectivity index (χ1v) is 8.49. The number of thiophene rings is 1. The maximum atomic E-state index is 11.5. The van der Waals surface area contributed by atoms with Crippen molar-refractivity contribution >= 4 is 38.9 Å². The summed E-state index contributed by atoms with van der Waals surface area (Å²) in [6.45, 7) is 2.35. The molecule has 2 heterocycles. The van der Waals surface area contributed by atoms with Crippen LogP contribution < -0.4 is 5.32 Å². The van der Waals surface area contributed by atoms with Gasteiger partial charge in [-0.3, -0.25) is 10.1 Å². The molecule has 0 spiro atoms. The molecule has 0 fully saturated rings. The molecule has 1 unspecified atom stereocenters. The van der Waals surface area contributed by atoms with E-state index in [0.29, 0.717) is 13.0 Å². The zero-order chi connectivity index (χ0) is 15.5. The van der Waals surface area contributed by atoms with Crippen LogP contribution >= 0.6 is 22.9 Å². The Morgan fingerprint density at radius 1 is 1.41 bits per heavy atom. The number of nitrogens with one attached hydrogen (secondary N) is 1. The molecule has 1 aromatic carbocycles. The molecule has 3 rings (SSSR count). The number of carboxylic acid groups (broad SMARTS) is 1. The van der Waals surface area contributed by atoms with Gasteiger partial charge < -0.3 is 5.11 Å². The number of carbonyl (C=O) groups is 1. The van der Waals surface area contributed by atoms with Crippen LogP contribution in [0, 0.1) is 6.92 Å². The van der Waals surface area contributed by atoms with Crippen molar-refractivity contribution in [3.05, 3.63) is 45.8 Å². The average Bonchev–Trinajstić information content (AvgIpc) is 3.10. The highest BCUT2D eigenvalue weighted by molar-refractivity contribution is 7.17. The molecular formula is C15H15N3O2S2. The lowest BCUT2D eigenvalue weighted by Crippen LogP contribution is -2.38. The number of fused-ring (bicyclic) bond motifs is 1. The monoisotopic (exact) mass is 333 g/mol. The second-order valence-electron chi connectivity index (χ2n) is 5.01. The van der Waals surface area contributed by atoms with Crippen molar-refractivity contribution in [3.63, 3.8) is 0 Å². The first kappa shape index (κ1) is 15.1. The van der Waals surface area contributed by atoms with Crippen LogP contribution in [-0.2, 0) is 17.8 Å². The van der Waals surface area contributed by atoms with Gasteiger partial charge in [0, 0.05) is 11.2 Å². The molecule has 114 valence electrons. The largest absolute Gasteiger partial charge is 0.480 e. The van der Waals surface area contributed by atoms with E-state index < -0.39 is 12.0 Å². The van der Waals surface area contributed by atoms with Gasteiger partial charge in [-0.1, -0.05) is 22.7 Å². The molecule has 2 N–H and O–H groups in total. The quantitative estimate of drug-likeness (QED) is 0.725. The molecule has 2 aromatic heterocycles. The minimum atomic E-state index is -0.842. The Bertz CT molecular complexity index is 797. The maximum absolute atomic E-state index is 11.5. The SMILES string of the molecule is Cc1nnsc1CNC(Cc1csc2ccccc12)C(=O)O. The summed E-state index contributed by atoms with van der Waals surface area (Å²) in [5, 5.41) is 19.7. The minimum absolute atomic E-state index is 0.463. The number of carboxylic acids is 1. The molecule has 0 aliphatic rings. The summed E-state index contributed by atoms with van der Waals surface area (Å²) in [6.07, 6.45) is 0.463. The Morgan fingerprint density at radius 3 is 2.95 bits per heavy atom. The van der Waals surface area contributed by atoms with Crippen molar-refractivity contribution in [1.29, 1.82) is 0 Å². The van der Waals surface area contributed by atoms with E-state index >= 15 is 0 Å². The number of aryl methyl sites for hydroxylation is 1. The molecule has 22 heavy (non-hydrogen) atoms. The van der Waals surface area contributed by atoms with Gasteiger partial charge in [0.15, 0.2) is 0 Å². The number of hydrogen-bond donors (Lipinski definition) is 2. The fraction of sp³-hybridized carbons (Fsp3) is 0.267. The Labute approximate surface area is 135 Å². The zero-order valence-corrected chi connectivity index (χ0v) is 13.6. The van der Waals surface area contributed by atoms with E-state index in [4.69, 9.17) is 0 Å². The van der Waals surface area contributed by atoms with Crippen molar-refractivity contribution < 1.29 is 9.90 Å². The van der Waals surface area contributed by atoms with E-state index in [-0.39, 0.29) is 0 Å². The number of hydrogen-bond acceptors (Lipinski definition) is 6. The minimum Gasteiger partial charge on any atom is -0.480 e. The highest BCUT2D eigenvalue weighted by Gasteiger charge is 2.20. The standard InChI is InChI=1S/C15H15N3O2S2/c1-9-14(22-18-17-9)7-16-12(15(19)20)6-10-8-21-13-5-3-2-4-11(10)13/h2-5,8,12,16H,6-7H2,1H3,(H,19,20). The molecule has 5 nitrogen and oxygen atoms in total. The first-order chi connectivity index (χ1) is 10.6. The Kier molecular flexibility index (Phi) is 4.47. The van der Waals surface area contributed by atoms with Gasteiger partial charge in [-0.05, 0) is 47.3 Å². The smallest absolute Gasteiger partial charge is 0.321 e. The molecule has 0 radical (unpaired) electrons. The summed E-state index contributed by atoms with van der Waals surface area (Å²) in [5.41, 5.74) is 1.92. The van der Waals surface area contributed by atoms with Crippen molar-refractivity contribution in [2.75, 3.05) is 0 Å². The van der Waals surface area contributed by atoms with E-state index in [1.165, 1.54) is 16.2 Å². The molecular weight excluding hydrogens is 318 g/mol. The van der Waals surface area contributed by atoms with Crippen LogP contribution in [0.2, 0.25) is 0 Å². The molecule has 1 atom stereocenters. The highest BCUT2D eigenvalue weighted by atomic mass is 32.1. The normalized spacial score (nSPS) is 12.6. The average molecular weight is 333 g/mol. The Balaban J connectivity index is 1.74. The maximum Gasteiger partial charge on any atom is 0.321 e. The van der Waals surface area contributed by atoms with Crippen LogP contribution in [0.15, 0.2) is 29.6 Å². The lowest BCUT2D eigenvalue weighted by Gasteiger charge is -2.13. The lowest BCUT2D eigenvalue weighted by atomic mass is 10.0. The van der Waals surface area contributed by atoms with Gasteiger partial charge in [0.05, 0.1) is 10.6 Å². The second-order valence-corrected chi connectivity index (χ2v) is 6.76. The van der Waals surface area contributed by atoms with Crippen LogP contribution in [-0.4, -0.2) is 26.7 Å². The van der Waals surface area contributed by atoms with Crippen molar-refractivity contribution in [2.24, 2.45) is 0 Å². The fourth-order valence-corrected chi connectivity index (χ4v) is 3.84. The van der Waals surface area contributed by atoms with E-state index in [1.807, 2.05) is 30.5 Å². The van der Waals surface area contributed by atoms with Crippen molar-refractivity contribution in [3.8, 4) is 0 Å². The third-order valence-electron chi connectivity index (χ3n) is 3.54. The molecule has 0 saturated carbocycles. The van der Waals surface area contributed by atoms with Crippen molar-refractivity contribution in [2.45, 2.75) is 25.9 Å². The van der Waals surface area contributed by atoms with Gasteiger partial charge in [0.2, 0.25) is 0 Å². The summed E-state index contributed by atoms with van der Waals surface area (Å²) in [5.74, 6) is -0.842. The van der Waals surface area contributed by atoms with E-state index in [9.17, 15) is 9.90 Å². The van der Waals surface area contributed by atoms with Gasteiger partial charge >= 0.3 is 5.97 Å². The van der Waals surface area contributed by atoms with Gasteiger partial charge in [-0.15, -0.1) is 16.4 Å². The molecule has 0 aliphatic carbocycles. The predicted octanol–water partition coefficient (Wildman–Crippen LogP) is 2.85. The molecule has 0 aliphatic heterocycles. The number of aliphatic carboxylic acids is 1. The van der Waals surface area contributed by atoms with Gasteiger partial charge in [0.25, 0.3) is 0 Å². The summed E-state index contributed by atoms with van der Waals surface area (Å²) in [4.78, 5) is 12.5. The molecule has 7 heteroatoms. The first-order valence-electron chi connectivity index (χ1n) is 6.84. The second kappa shape index (κ2) is 6.51. The summed E-state index contributed by atoms with van der Waals surface area (Å²) in [7, 11) is 0. The van der Waals surface area contributed by atoms with Crippen LogP contribution in [0.4, 0.5) is 0 Å².